The molecule has 0 aliphatic carbocycles. The van der Waals surface area contributed by atoms with Gasteiger partial charge < -0.3 is 23.7 Å². The number of hydrogen-bond donors (Lipinski definition) is 0. The monoisotopic (exact) mass is 601 g/mol. The lowest BCUT2D eigenvalue weighted by atomic mass is 9.96. The fourth-order valence-corrected chi connectivity index (χ4v) is 5.87. The normalized spacial score (nSPS) is 25.2. The summed E-state index contributed by atoms with van der Waals surface area (Å²) in [6, 6.07) is 13.5. The first-order chi connectivity index (χ1) is 19.4. The number of fused-ring (bicyclic) bond motifs is 1. The van der Waals surface area contributed by atoms with Gasteiger partial charge >= 0.3 is 23.9 Å². The molecule has 0 radical (unpaired) electrons. The van der Waals surface area contributed by atoms with Crippen molar-refractivity contribution in [3.8, 4) is 0 Å². The standard InChI is InChI=1S/C28H27NO10S2/c1-14(30)35-13-21-23(36-15(2)31)24(37-16(3)32)25(38-17(4)33)27(39-21)29-26(34)22(41-28(29)40)12-18-9-10-19-7-5-6-8-20(19)11-18/h5-12,21,23-25,27H,13H2,1-4H3/b22-12+/t21-,23+,24+,25+,27-/m1/s1. The summed E-state index contributed by atoms with van der Waals surface area (Å²) in [5.41, 5.74) is 0.755. The Hall–Kier alpha value is -3.81. The number of esters is 4. The Labute approximate surface area is 245 Å². The topological polar surface area (TPSA) is 135 Å². The number of thioether (sulfide) groups is 1. The summed E-state index contributed by atoms with van der Waals surface area (Å²) in [6.45, 7) is 4.12. The Morgan fingerprint density at radius 2 is 1.49 bits per heavy atom. The van der Waals surface area contributed by atoms with E-state index in [4.69, 9.17) is 35.9 Å². The van der Waals surface area contributed by atoms with E-state index in [1.54, 1.807) is 6.08 Å². The van der Waals surface area contributed by atoms with E-state index in [9.17, 15) is 24.0 Å². The van der Waals surface area contributed by atoms with Crippen molar-refractivity contribution in [2.75, 3.05) is 6.61 Å². The van der Waals surface area contributed by atoms with Crippen LogP contribution in [0.4, 0.5) is 0 Å². The average molecular weight is 602 g/mol. The minimum absolute atomic E-state index is 0.0861. The van der Waals surface area contributed by atoms with Crippen LogP contribution in [0.1, 0.15) is 33.3 Å². The molecule has 2 heterocycles. The SMILES string of the molecule is CC(=O)OC[C@H]1O[C@@H](N2C(=O)/C(=C\c3ccc4ccccc4c3)SC2=S)[C@@H](OC(C)=O)[C@@H](OC(C)=O)[C@H]1OC(C)=O. The van der Waals surface area contributed by atoms with Gasteiger partial charge in [-0.15, -0.1) is 0 Å². The first-order valence-electron chi connectivity index (χ1n) is 12.5. The Kier molecular flexibility index (Phi) is 9.41. The van der Waals surface area contributed by atoms with E-state index in [1.807, 2.05) is 42.5 Å². The van der Waals surface area contributed by atoms with Crippen molar-refractivity contribution in [3.05, 3.63) is 52.9 Å². The van der Waals surface area contributed by atoms with Crippen LogP contribution < -0.4 is 0 Å². The van der Waals surface area contributed by atoms with Gasteiger partial charge in [-0.05, 0) is 28.5 Å². The highest BCUT2D eigenvalue weighted by molar-refractivity contribution is 8.26. The molecule has 11 nitrogen and oxygen atoms in total. The van der Waals surface area contributed by atoms with Crippen molar-refractivity contribution < 1.29 is 47.7 Å². The molecular weight excluding hydrogens is 574 g/mol. The molecule has 2 aromatic rings. The van der Waals surface area contributed by atoms with E-state index in [0.29, 0.717) is 0 Å². The molecule has 41 heavy (non-hydrogen) atoms. The molecule has 0 aromatic heterocycles. The lowest BCUT2D eigenvalue weighted by Gasteiger charge is -2.46. The van der Waals surface area contributed by atoms with Crippen molar-refractivity contribution in [1.29, 1.82) is 0 Å². The van der Waals surface area contributed by atoms with Gasteiger partial charge in [0.1, 0.15) is 12.7 Å². The summed E-state index contributed by atoms with van der Waals surface area (Å²) < 4.78 is 27.6. The molecular formula is C28H27NO10S2. The molecule has 4 rings (SSSR count). The second-order valence-corrected chi connectivity index (χ2v) is 10.9. The Morgan fingerprint density at radius 1 is 0.878 bits per heavy atom. The van der Waals surface area contributed by atoms with E-state index in [1.165, 1.54) is 6.92 Å². The number of carbonyl (C=O) groups excluding carboxylic acids is 5. The van der Waals surface area contributed by atoms with Crippen molar-refractivity contribution >= 4 is 74.9 Å². The van der Waals surface area contributed by atoms with Gasteiger partial charge in [0.25, 0.3) is 5.91 Å². The van der Waals surface area contributed by atoms with Gasteiger partial charge in [0.05, 0.1) is 4.91 Å². The van der Waals surface area contributed by atoms with Crippen LogP contribution in [0.3, 0.4) is 0 Å². The van der Waals surface area contributed by atoms with Gasteiger partial charge in [-0.2, -0.15) is 0 Å². The van der Waals surface area contributed by atoms with Gasteiger partial charge in [0, 0.05) is 27.7 Å². The summed E-state index contributed by atoms with van der Waals surface area (Å²) >= 11 is 6.55. The average Bonchev–Trinajstić information content (AvgIpc) is 3.16. The Morgan fingerprint density at radius 3 is 2.12 bits per heavy atom. The lowest BCUT2D eigenvalue weighted by Crippen LogP contribution is -2.66. The van der Waals surface area contributed by atoms with Gasteiger partial charge in [0.15, 0.2) is 28.9 Å². The molecule has 0 bridgehead atoms. The van der Waals surface area contributed by atoms with Crippen LogP contribution in [0.15, 0.2) is 47.4 Å². The quantitative estimate of drug-likeness (QED) is 0.200. The van der Waals surface area contributed by atoms with Crippen LogP contribution in [0.5, 0.6) is 0 Å². The van der Waals surface area contributed by atoms with Gasteiger partial charge in [-0.3, -0.25) is 28.9 Å². The number of nitrogens with zero attached hydrogens (tertiary/aromatic N) is 1. The Balaban J connectivity index is 1.73. The fraction of sp³-hybridized carbons (Fsp3) is 0.357. The molecule has 2 aliphatic heterocycles. The zero-order valence-corrected chi connectivity index (χ0v) is 24.2. The van der Waals surface area contributed by atoms with Gasteiger partial charge in [0.2, 0.25) is 0 Å². The summed E-state index contributed by atoms with van der Waals surface area (Å²) in [5, 5.41) is 2.02. The number of ether oxygens (including phenoxy) is 5. The van der Waals surface area contributed by atoms with Gasteiger partial charge in [-0.1, -0.05) is 60.4 Å². The summed E-state index contributed by atoms with van der Waals surface area (Å²) in [4.78, 5) is 62.9. The number of thiocarbonyl (C=S) groups is 1. The first-order valence-corrected chi connectivity index (χ1v) is 13.7. The molecule has 0 spiro atoms. The molecule has 216 valence electrons. The highest BCUT2D eigenvalue weighted by atomic mass is 32.2. The second kappa shape index (κ2) is 12.8. The van der Waals surface area contributed by atoms with E-state index < -0.39 is 67.0 Å². The maximum Gasteiger partial charge on any atom is 0.303 e. The van der Waals surface area contributed by atoms with Crippen LogP contribution in [0, 0.1) is 0 Å². The molecule has 13 heteroatoms. The van der Waals surface area contributed by atoms with E-state index in [2.05, 4.69) is 0 Å². The third kappa shape index (κ3) is 7.10. The first kappa shape index (κ1) is 30.2. The van der Waals surface area contributed by atoms with Crippen LogP contribution >= 0.6 is 24.0 Å². The van der Waals surface area contributed by atoms with E-state index >= 15 is 0 Å². The predicted octanol–water partition coefficient (Wildman–Crippen LogP) is 3.12. The predicted molar refractivity (Wildman–Crippen MR) is 151 cm³/mol. The van der Waals surface area contributed by atoms with Crippen LogP contribution in [0.25, 0.3) is 16.8 Å². The second-order valence-electron chi connectivity index (χ2n) is 9.25. The molecule has 1 amide bonds. The number of benzene rings is 2. The number of rotatable bonds is 7. The molecule has 2 aromatic carbocycles. The minimum atomic E-state index is -1.45. The molecule has 0 unspecified atom stereocenters. The number of amides is 1. The highest BCUT2D eigenvalue weighted by Gasteiger charge is 2.56. The molecule has 2 fully saturated rings. The van der Waals surface area contributed by atoms with Crippen molar-refractivity contribution in [2.45, 2.75) is 58.3 Å². The third-order valence-corrected chi connectivity index (χ3v) is 7.45. The van der Waals surface area contributed by atoms with Crippen molar-refractivity contribution in [2.24, 2.45) is 0 Å². The van der Waals surface area contributed by atoms with Gasteiger partial charge in [-0.25, -0.2) is 0 Å². The molecule has 2 aliphatic rings. The third-order valence-electron chi connectivity index (χ3n) is 6.12. The smallest absolute Gasteiger partial charge is 0.303 e. The maximum absolute atomic E-state index is 13.7. The van der Waals surface area contributed by atoms with Crippen LogP contribution in [0.2, 0.25) is 0 Å². The highest BCUT2D eigenvalue weighted by Crippen LogP contribution is 2.39. The molecule has 0 N–H and O–H groups in total. The zero-order valence-electron chi connectivity index (χ0n) is 22.6. The summed E-state index contributed by atoms with van der Waals surface area (Å²) in [5.74, 6) is -3.51. The van der Waals surface area contributed by atoms with E-state index in [0.717, 1.165) is 53.8 Å². The molecule has 5 atom stereocenters. The molecule has 0 saturated carbocycles. The van der Waals surface area contributed by atoms with Crippen molar-refractivity contribution in [1.82, 2.24) is 4.90 Å². The minimum Gasteiger partial charge on any atom is -0.463 e. The summed E-state index contributed by atoms with van der Waals surface area (Å²) in [6.07, 6.45) is -5.16. The number of carbonyl (C=O) groups is 5. The number of hydrogen-bond acceptors (Lipinski definition) is 12. The molecule has 2 saturated heterocycles. The fourth-order valence-electron chi connectivity index (χ4n) is 4.56. The van der Waals surface area contributed by atoms with E-state index in [-0.39, 0.29) is 9.23 Å². The maximum atomic E-state index is 13.7. The van der Waals surface area contributed by atoms with Crippen LogP contribution in [-0.4, -0.2) is 76.3 Å². The van der Waals surface area contributed by atoms with Crippen molar-refractivity contribution in [3.63, 3.8) is 0 Å². The largest absolute Gasteiger partial charge is 0.463 e. The summed E-state index contributed by atoms with van der Waals surface area (Å²) in [7, 11) is 0. The van der Waals surface area contributed by atoms with Crippen LogP contribution in [-0.2, 0) is 47.7 Å². The zero-order chi connectivity index (χ0) is 29.8. The lowest BCUT2D eigenvalue weighted by molar-refractivity contribution is -0.268. The Bertz CT molecular complexity index is 1440.